The molecule has 0 unspecified atom stereocenters. The largest absolute Gasteiger partial charge is 0.368 e. The lowest BCUT2D eigenvalue weighted by atomic mass is 10.4. The molecule has 0 fully saturated rings. The van der Waals surface area contributed by atoms with Gasteiger partial charge in [0.2, 0.25) is 11.8 Å². The zero-order chi connectivity index (χ0) is 12.1. The first-order valence-electron chi connectivity index (χ1n) is 4.41. The molecule has 1 aromatic heterocycles. The van der Waals surface area contributed by atoms with Crippen LogP contribution in [0.3, 0.4) is 0 Å². The average molecular weight is 222 g/mol. The number of aromatic nitrogens is 2. The first kappa shape index (κ1) is 11.6. The van der Waals surface area contributed by atoms with E-state index in [2.05, 4.69) is 9.97 Å². The fourth-order valence-electron chi connectivity index (χ4n) is 1.11. The van der Waals surface area contributed by atoms with Crippen LogP contribution in [0.2, 0.25) is 0 Å². The third-order valence-electron chi connectivity index (χ3n) is 1.89. The quantitative estimate of drug-likeness (QED) is 0.574. The van der Waals surface area contributed by atoms with E-state index >= 15 is 0 Å². The van der Waals surface area contributed by atoms with Crippen molar-refractivity contribution >= 4 is 17.5 Å². The normalized spacial score (nSPS) is 9.50. The van der Waals surface area contributed by atoms with Gasteiger partial charge in [0.15, 0.2) is 0 Å². The summed E-state index contributed by atoms with van der Waals surface area (Å²) in [5.41, 5.74) is 5.13. The lowest BCUT2D eigenvalue weighted by Crippen LogP contribution is -2.21. The Balaban J connectivity index is 3.05. The Morgan fingerprint density at radius 2 is 2.44 bits per heavy atom. The van der Waals surface area contributed by atoms with E-state index < -0.39 is 4.92 Å². The fourth-order valence-corrected chi connectivity index (χ4v) is 1.11. The van der Waals surface area contributed by atoms with E-state index in [4.69, 9.17) is 11.0 Å². The van der Waals surface area contributed by atoms with Crippen molar-refractivity contribution in [1.82, 2.24) is 9.97 Å². The van der Waals surface area contributed by atoms with Gasteiger partial charge in [0.1, 0.15) is 6.20 Å². The van der Waals surface area contributed by atoms with E-state index in [1.54, 1.807) is 7.05 Å². The van der Waals surface area contributed by atoms with Crippen molar-refractivity contribution in [1.29, 1.82) is 5.26 Å². The number of nitriles is 1. The van der Waals surface area contributed by atoms with Gasteiger partial charge in [-0.05, 0) is 0 Å². The van der Waals surface area contributed by atoms with Crippen molar-refractivity contribution < 1.29 is 4.92 Å². The van der Waals surface area contributed by atoms with Gasteiger partial charge in [0.25, 0.3) is 0 Å². The monoisotopic (exact) mass is 222 g/mol. The number of nitrogens with zero attached hydrogens (tertiary/aromatic N) is 5. The van der Waals surface area contributed by atoms with Crippen LogP contribution >= 0.6 is 0 Å². The molecule has 16 heavy (non-hydrogen) atoms. The van der Waals surface area contributed by atoms with E-state index in [0.717, 1.165) is 6.20 Å². The lowest BCUT2D eigenvalue weighted by Gasteiger charge is -2.15. The van der Waals surface area contributed by atoms with Gasteiger partial charge in [-0.1, -0.05) is 0 Å². The standard InChI is InChI=1S/C8H10N6O2/c1-13(4-2-3-9)7-6(14(15)16)5-11-8(10)12-7/h5H,2,4H2,1H3,(H2,10,11,12). The van der Waals surface area contributed by atoms with Crippen molar-refractivity contribution in [2.24, 2.45) is 0 Å². The first-order valence-corrected chi connectivity index (χ1v) is 4.41. The number of nitrogens with two attached hydrogens (primary N) is 1. The van der Waals surface area contributed by atoms with Gasteiger partial charge in [-0.15, -0.1) is 0 Å². The molecule has 0 aliphatic heterocycles. The predicted octanol–water partition coefficient (Wildman–Crippen LogP) is 0.317. The molecule has 0 bridgehead atoms. The van der Waals surface area contributed by atoms with E-state index in [9.17, 15) is 10.1 Å². The molecule has 0 spiro atoms. The third kappa shape index (κ3) is 2.54. The third-order valence-corrected chi connectivity index (χ3v) is 1.89. The van der Waals surface area contributed by atoms with Crippen molar-refractivity contribution in [3.05, 3.63) is 16.3 Å². The topological polar surface area (TPSA) is 122 Å². The molecule has 0 aliphatic carbocycles. The van der Waals surface area contributed by atoms with Crippen molar-refractivity contribution in [2.75, 3.05) is 24.2 Å². The predicted molar refractivity (Wildman–Crippen MR) is 56.6 cm³/mol. The summed E-state index contributed by atoms with van der Waals surface area (Å²) in [7, 11) is 1.60. The molecule has 0 aliphatic rings. The molecule has 1 heterocycles. The Hall–Kier alpha value is -2.43. The van der Waals surface area contributed by atoms with Gasteiger partial charge >= 0.3 is 5.69 Å². The van der Waals surface area contributed by atoms with E-state index in [1.807, 2.05) is 6.07 Å². The number of anilines is 2. The molecule has 0 radical (unpaired) electrons. The minimum absolute atomic E-state index is 0.0376. The maximum atomic E-state index is 10.7. The van der Waals surface area contributed by atoms with Crippen molar-refractivity contribution in [3.8, 4) is 6.07 Å². The molecule has 0 atom stereocenters. The molecule has 0 amide bonds. The molecule has 0 saturated carbocycles. The minimum atomic E-state index is -0.586. The van der Waals surface area contributed by atoms with Gasteiger partial charge in [-0.3, -0.25) is 10.1 Å². The second kappa shape index (κ2) is 4.88. The van der Waals surface area contributed by atoms with E-state index in [1.165, 1.54) is 4.90 Å². The van der Waals surface area contributed by atoms with Gasteiger partial charge < -0.3 is 10.6 Å². The van der Waals surface area contributed by atoms with Crippen LogP contribution < -0.4 is 10.6 Å². The summed E-state index contributed by atoms with van der Waals surface area (Å²) < 4.78 is 0. The number of nitro groups is 1. The highest BCUT2D eigenvalue weighted by molar-refractivity contribution is 5.57. The Labute approximate surface area is 91.5 Å². The molecule has 0 saturated heterocycles. The second-order valence-corrected chi connectivity index (χ2v) is 3.02. The maximum absolute atomic E-state index is 10.7. The lowest BCUT2D eigenvalue weighted by molar-refractivity contribution is -0.384. The van der Waals surface area contributed by atoms with Crippen molar-refractivity contribution in [2.45, 2.75) is 6.42 Å². The Bertz CT molecular complexity index is 441. The van der Waals surface area contributed by atoms with Crippen LogP contribution in [0, 0.1) is 21.4 Å². The SMILES string of the molecule is CN(CCC#N)c1nc(N)ncc1[N+](=O)[O-]. The zero-order valence-corrected chi connectivity index (χ0v) is 8.62. The summed E-state index contributed by atoms with van der Waals surface area (Å²) >= 11 is 0. The molecule has 8 heteroatoms. The summed E-state index contributed by atoms with van der Waals surface area (Å²) in [6, 6.07) is 1.95. The zero-order valence-electron chi connectivity index (χ0n) is 8.62. The van der Waals surface area contributed by atoms with Crippen LogP contribution in [0.5, 0.6) is 0 Å². The number of nitrogen functional groups attached to an aromatic ring is 1. The summed E-state index contributed by atoms with van der Waals surface area (Å²) in [5, 5.41) is 19.1. The fraction of sp³-hybridized carbons (Fsp3) is 0.375. The van der Waals surface area contributed by atoms with E-state index in [-0.39, 0.29) is 23.9 Å². The Morgan fingerprint density at radius 1 is 1.75 bits per heavy atom. The van der Waals surface area contributed by atoms with Gasteiger partial charge in [0, 0.05) is 13.6 Å². The summed E-state index contributed by atoms with van der Waals surface area (Å²) in [6.07, 6.45) is 1.30. The van der Waals surface area contributed by atoms with Crippen molar-refractivity contribution in [3.63, 3.8) is 0 Å². The molecule has 0 aromatic carbocycles. The van der Waals surface area contributed by atoms with Gasteiger partial charge in [0.05, 0.1) is 17.4 Å². The minimum Gasteiger partial charge on any atom is -0.368 e. The van der Waals surface area contributed by atoms with Crippen LogP contribution in [0.1, 0.15) is 6.42 Å². The Kier molecular flexibility index (Phi) is 3.55. The molecule has 84 valence electrons. The molecule has 1 aromatic rings. The summed E-state index contributed by atoms with van der Waals surface area (Å²) in [6.45, 7) is 0.341. The number of hydrogen-bond donors (Lipinski definition) is 1. The van der Waals surface area contributed by atoms with Crippen LogP contribution in [-0.2, 0) is 0 Å². The smallest absolute Gasteiger partial charge is 0.329 e. The molecular formula is C8H10N6O2. The molecule has 1 rings (SSSR count). The summed E-state index contributed by atoms with van der Waals surface area (Å²) in [5.74, 6) is 0.0807. The molecule has 8 nitrogen and oxygen atoms in total. The highest BCUT2D eigenvalue weighted by Gasteiger charge is 2.19. The molecule has 2 N–H and O–H groups in total. The van der Waals surface area contributed by atoms with Crippen LogP contribution in [0.15, 0.2) is 6.20 Å². The number of rotatable bonds is 4. The van der Waals surface area contributed by atoms with Gasteiger partial charge in [-0.25, -0.2) is 4.98 Å². The van der Waals surface area contributed by atoms with Crippen LogP contribution in [0.4, 0.5) is 17.5 Å². The first-order chi connectivity index (χ1) is 7.56. The highest BCUT2D eigenvalue weighted by atomic mass is 16.6. The van der Waals surface area contributed by atoms with Crippen LogP contribution in [0.25, 0.3) is 0 Å². The second-order valence-electron chi connectivity index (χ2n) is 3.02. The van der Waals surface area contributed by atoms with E-state index in [0.29, 0.717) is 6.54 Å². The summed E-state index contributed by atoms with van der Waals surface area (Å²) in [4.78, 5) is 19.0. The Morgan fingerprint density at radius 3 is 3.00 bits per heavy atom. The highest BCUT2D eigenvalue weighted by Crippen LogP contribution is 2.24. The maximum Gasteiger partial charge on any atom is 0.329 e. The van der Waals surface area contributed by atoms with Crippen LogP contribution in [-0.4, -0.2) is 28.5 Å². The van der Waals surface area contributed by atoms with Gasteiger partial charge in [-0.2, -0.15) is 10.2 Å². The average Bonchev–Trinajstić information content (AvgIpc) is 2.25. The molecular weight excluding hydrogens is 212 g/mol. The number of hydrogen-bond acceptors (Lipinski definition) is 7.